The molecule has 0 radical (unpaired) electrons. The van der Waals surface area contributed by atoms with E-state index in [9.17, 15) is 4.79 Å². The molecule has 2 N–H and O–H groups in total. The number of nitrogens with one attached hydrogen (secondary N) is 2. The minimum absolute atomic E-state index is 0.193. The number of para-hydroxylation sites is 2. The summed E-state index contributed by atoms with van der Waals surface area (Å²) in [5, 5.41) is 2.91. The summed E-state index contributed by atoms with van der Waals surface area (Å²) >= 11 is 0. The van der Waals surface area contributed by atoms with Crippen molar-refractivity contribution in [1.29, 1.82) is 0 Å². The third kappa shape index (κ3) is 3.28. The summed E-state index contributed by atoms with van der Waals surface area (Å²) in [4.78, 5) is 19.5. The summed E-state index contributed by atoms with van der Waals surface area (Å²) in [6, 6.07) is 7.58. The maximum absolute atomic E-state index is 12.2. The Bertz CT molecular complexity index is 628. The van der Waals surface area contributed by atoms with Crippen LogP contribution >= 0.6 is 0 Å². The minimum Gasteiger partial charge on any atom is -0.349 e. The van der Waals surface area contributed by atoms with Crippen molar-refractivity contribution < 1.29 is 14.3 Å². The zero-order valence-electron chi connectivity index (χ0n) is 12.9. The Morgan fingerprint density at radius 2 is 2.14 bits per heavy atom. The smallest absolute Gasteiger partial charge is 0.287 e. The van der Waals surface area contributed by atoms with Gasteiger partial charge in [0.05, 0.1) is 24.2 Å². The van der Waals surface area contributed by atoms with E-state index in [0.29, 0.717) is 25.6 Å². The maximum Gasteiger partial charge on any atom is 0.287 e. The van der Waals surface area contributed by atoms with Gasteiger partial charge in [-0.05, 0) is 25.0 Å². The monoisotopic (exact) mass is 303 g/mol. The molecule has 2 aromatic rings. The van der Waals surface area contributed by atoms with E-state index in [1.807, 2.05) is 31.2 Å². The predicted octanol–water partition coefficient (Wildman–Crippen LogP) is 2.08. The number of fused-ring (bicyclic) bond motifs is 1. The van der Waals surface area contributed by atoms with Crippen molar-refractivity contribution in [3.8, 4) is 0 Å². The van der Waals surface area contributed by atoms with Crippen molar-refractivity contribution in [2.45, 2.75) is 26.1 Å². The van der Waals surface area contributed by atoms with Crippen LogP contribution < -0.4 is 5.32 Å². The molecule has 6 heteroatoms. The predicted molar refractivity (Wildman–Crippen MR) is 82.5 cm³/mol. The summed E-state index contributed by atoms with van der Waals surface area (Å²) in [7, 11) is 0. The number of aromatic nitrogens is 2. The van der Waals surface area contributed by atoms with Crippen molar-refractivity contribution in [3.63, 3.8) is 0 Å². The molecule has 22 heavy (non-hydrogen) atoms. The average Bonchev–Trinajstić information content (AvgIpc) is 3.10. The lowest BCUT2D eigenvalue weighted by Crippen LogP contribution is -2.34. The quantitative estimate of drug-likeness (QED) is 0.886. The lowest BCUT2D eigenvalue weighted by atomic mass is 10.0. The zero-order valence-corrected chi connectivity index (χ0v) is 12.9. The second kappa shape index (κ2) is 6.06. The highest BCUT2D eigenvalue weighted by Crippen LogP contribution is 2.26. The second-order valence-corrected chi connectivity index (χ2v) is 5.95. The number of imidazole rings is 1. The number of carbonyl (C=O) groups is 1. The lowest BCUT2D eigenvalue weighted by molar-refractivity contribution is -0.153. The van der Waals surface area contributed by atoms with Crippen LogP contribution in [0.15, 0.2) is 24.3 Å². The van der Waals surface area contributed by atoms with Crippen LogP contribution in [0.3, 0.4) is 0 Å². The van der Waals surface area contributed by atoms with Crippen LogP contribution in [0.1, 0.15) is 30.9 Å². The van der Waals surface area contributed by atoms with Crippen molar-refractivity contribution in [2.75, 3.05) is 19.8 Å². The number of nitrogens with zero attached hydrogens (tertiary/aromatic N) is 1. The van der Waals surface area contributed by atoms with Crippen LogP contribution in [0.4, 0.5) is 0 Å². The molecular weight excluding hydrogens is 282 g/mol. The van der Waals surface area contributed by atoms with Crippen molar-refractivity contribution in [3.05, 3.63) is 30.1 Å². The Balaban J connectivity index is 1.55. The molecule has 0 bridgehead atoms. The standard InChI is InChI=1S/C16H21N3O3/c1-11(9-16(2)21-7-8-22-16)10-17-15(20)14-18-12-5-3-4-6-13(12)19-14/h3-6,11H,7-10H2,1-2H3,(H,17,20)(H,18,19)/t11-/m0/s1. The van der Waals surface area contributed by atoms with E-state index in [-0.39, 0.29) is 11.8 Å². The van der Waals surface area contributed by atoms with Gasteiger partial charge in [-0.25, -0.2) is 4.98 Å². The van der Waals surface area contributed by atoms with Crippen LogP contribution in [-0.2, 0) is 9.47 Å². The summed E-state index contributed by atoms with van der Waals surface area (Å²) in [6.45, 7) is 5.83. The van der Waals surface area contributed by atoms with Crippen LogP contribution in [0, 0.1) is 5.92 Å². The molecule has 3 rings (SSSR count). The largest absolute Gasteiger partial charge is 0.349 e. The third-order valence-electron chi connectivity index (χ3n) is 3.83. The SMILES string of the molecule is C[C@H](CNC(=O)c1nc2ccccc2[nH]1)CC1(C)OCCO1. The molecule has 1 aliphatic heterocycles. The van der Waals surface area contributed by atoms with Crippen molar-refractivity contribution in [1.82, 2.24) is 15.3 Å². The fourth-order valence-corrected chi connectivity index (χ4v) is 2.79. The van der Waals surface area contributed by atoms with Gasteiger partial charge in [0.15, 0.2) is 11.6 Å². The molecule has 1 amide bonds. The number of H-pyrrole nitrogens is 1. The first-order valence-electron chi connectivity index (χ1n) is 7.57. The molecule has 1 aliphatic rings. The van der Waals surface area contributed by atoms with Gasteiger partial charge in [0.1, 0.15) is 0 Å². The van der Waals surface area contributed by atoms with E-state index < -0.39 is 5.79 Å². The number of rotatable bonds is 5. The Hall–Kier alpha value is -1.92. The van der Waals surface area contributed by atoms with Gasteiger partial charge in [0, 0.05) is 13.0 Å². The first-order valence-corrected chi connectivity index (χ1v) is 7.57. The number of ether oxygens (including phenoxy) is 2. The van der Waals surface area contributed by atoms with Crippen molar-refractivity contribution in [2.24, 2.45) is 5.92 Å². The van der Waals surface area contributed by atoms with Gasteiger partial charge in [-0.3, -0.25) is 4.79 Å². The molecule has 1 aromatic carbocycles. The molecule has 1 saturated heterocycles. The number of amides is 1. The Morgan fingerprint density at radius 3 is 2.86 bits per heavy atom. The minimum atomic E-state index is -0.524. The molecule has 1 atom stereocenters. The molecule has 0 unspecified atom stereocenters. The highest BCUT2D eigenvalue weighted by atomic mass is 16.7. The molecule has 1 fully saturated rings. The number of benzene rings is 1. The van der Waals surface area contributed by atoms with Gasteiger partial charge in [-0.1, -0.05) is 19.1 Å². The fourth-order valence-electron chi connectivity index (χ4n) is 2.79. The lowest BCUT2D eigenvalue weighted by Gasteiger charge is -2.25. The molecule has 1 aromatic heterocycles. The van der Waals surface area contributed by atoms with Crippen LogP contribution in [0.25, 0.3) is 11.0 Å². The third-order valence-corrected chi connectivity index (χ3v) is 3.83. The van der Waals surface area contributed by atoms with E-state index in [1.165, 1.54) is 0 Å². The fraction of sp³-hybridized carbons (Fsp3) is 0.500. The van der Waals surface area contributed by atoms with E-state index >= 15 is 0 Å². The van der Waals surface area contributed by atoms with E-state index in [1.54, 1.807) is 0 Å². The number of carbonyl (C=O) groups excluding carboxylic acids is 1. The van der Waals surface area contributed by atoms with E-state index in [2.05, 4.69) is 22.2 Å². The summed E-state index contributed by atoms with van der Waals surface area (Å²) in [5.74, 6) is -0.130. The molecule has 0 saturated carbocycles. The summed E-state index contributed by atoms with van der Waals surface area (Å²) in [6.07, 6.45) is 0.743. The molecule has 6 nitrogen and oxygen atoms in total. The highest BCUT2D eigenvalue weighted by Gasteiger charge is 2.32. The molecule has 118 valence electrons. The molecule has 2 heterocycles. The van der Waals surface area contributed by atoms with Crippen LogP contribution in [0.5, 0.6) is 0 Å². The summed E-state index contributed by atoms with van der Waals surface area (Å²) < 4.78 is 11.2. The molecular formula is C16H21N3O3. The van der Waals surface area contributed by atoms with Crippen LogP contribution in [-0.4, -0.2) is 41.4 Å². The van der Waals surface area contributed by atoms with Gasteiger partial charge >= 0.3 is 0 Å². The number of aromatic amines is 1. The normalized spacial score (nSPS) is 18.5. The van der Waals surface area contributed by atoms with Gasteiger partial charge in [0.2, 0.25) is 0 Å². The van der Waals surface area contributed by atoms with Crippen LogP contribution in [0.2, 0.25) is 0 Å². The van der Waals surface area contributed by atoms with Crippen molar-refractivity contribution >= 4 is 16.9 Å². The number of hydrogen-bond acceptors (Lipinski definition) is 4. The second-order valence-electron chi connectivity index (χ2n) is 5.95. The Labute approximate surface area is 129 Å². The van der Waals surface area contributed by atoms with Gasteiger partial charge in [-0.15, -0.1) is 0 Å². The van der Waals surface area contributed by atoms with Gasteiger partial charge < -0.3 is 19.8 Å². The first-order chi connectivity index (χ1) is 10.6. The maximum atomic E-state index is 12.2. The topological polar surface area (TPSA) is 76.2 Å². The molecule has 0 spiro atoms. The Morgan fingerprint density at radius 1 is 1.41 bits per heavy atom. The van der Waals surface area contributed by atoms with Gasteiger partial charge in [0.25, 0.3) is 5.91 Å². The highest BCUT2D eigenvalue weighted by molar-refractivity contribution is 5.94. The number of hydrogen-bond donors (Lipinski definition) is 2. The van der Waals surface area contributed by atoms with Gasteiger partial charge in [-0.2, -0.15) is 0 Å². The summed E-state index contributed by atoms with van der Waals surface area (Å²) in [5.41, 5.74) is 1.65. The van der Waals surface area contributed by atoms with E-state index in [4.69, 9.17) is 9.47 Å². The molecule has 0 aliphatic carbocycles. The Kier molecular flexibility index (Phi) is 4.13. The average molecular weight is 303 g/mol. The zero-order chi connectivity index (χ0) is 15.6. The van der Waals surface area contributed by atoms with E-state index in [0.717, 1.165) is 17.5 Å². The first kappa shape index (κ1) is 15.0.